The Morgan fingerprint density at radius 3 is 2.26 bits per heavy atom. The van der Waals surface area contributed by atoms with Gasteiger partial charge in [-0.15, -0.1) is 0 Å². The zero-order valence-corrected chi connectivity index (χ0v) is 15.1. The predicted octanol–water partition coefficient (Wildman–Crippen LogP) is 4.39. The molecule has 0 saturated heterocycles. The molecule has 0 aromatic heterocycles. The van der Waals surface area contributed by atoms with Gasteiger partial charge in [0.05, 0.1) is 6.42 Å². The van der Waals surface area contributed by atoms with Crippen LogP contribution in [0.25, 0.3) is 11.1 Å². The van der Waals surface area contributed by atoms with Crippen molar-refractivity contribution >= 4 is 17.6 Å². The van der Waals surface area contributed by atoms with Crippen LogP contribution in [0.5, 0.6) is 0 Å². The Hall–Kier alpha value is -3.40. The lowest BCUT2D eigenvalue weighted by Gasteiger charge is -2.08. The first-order valence-corrected chi connectivity index (χ1v) is 8.77. The topological polar surface area (TPSA) is 55.4 Å². The fraction of sp³-hybridized carbons (Fsp3) is 0.130. The summed E-state index contributed by atoms with van der Waals surface area (Å²) < 4.78 is 5.07. The Morgan fingerprint density at radius 1 is 0.852 bits per heavy atom. The second kappa shape index (κ2) is 8.81. The maximum atomic E-state index is 12.0. The molecule has 0 aliphatic heterocycles. The van der Waals surface area contributed by atoms with Crippen molar-refractivity contribution in [1.29, 1.82) is 0 Å². The Balaban J connectivity index is 1.48. The second-order valence-corrected chi connectivity index (χ2v) is 6.32. The van der Waals surface area contributed by atoms with E-state index < -0.39 is 5.97 Å². The third-order valence-electron chi connectivity index (χ3n) is 4.08. The van der Waals surface area contributed by atoms with Crippen LogP contribution in [0.1, 0.15) is 11.1 Å². The second-order valence-electron chi connectivity index (χ2n) is 6.32. The quantitative estimate of drug-likeness (QED) is 0.664. The molecule has 3 aromatic rings. The van der Waals surface area contributed by atoms with Crippen LogP contribution in [-0.4, -0.2) is 18.5 Å². The van der Waals surface area contributed by atoms with Crippen molar-refractivity contribution in [3.05, 3.63) is 90.0 Å². The highest BCUT2D eigenvalue weighted by Crippen LogP contribution is 2.19. The third kappa shape index (κ3) is 5.54. The van der Waals surface area contributed by atoms with Crippen LogP contribution >= 0.6 is 0 Å². The number of esters is 1. The standard InChI is InChI=1S/C23H21NO3/c1-17-6-5-9-21(14-17)24-22(25)16-27-23(26)15-18-10-12-20(13-11-18)19-7-3-2-4-8-19/h2-14H,15-16H2,1H3,(H,24,25). The molecule has 4 heteroatoms. The van der Waals surface area contributed by atoms with Gasteiger partial charge in [-0.05, 0) is 41.3 Å². The van der Waals surface area contributed by atoms with E-state index in [4.69, 9.17) is 4.74 Å². The molecule has 0 saturated carbocycles. The molecule has 136 valence electrons. The highest BCUT2D eigenvalue weighted by molar-refractivity contribution is 5.93. The number of ether oxygens (including phenoxy) is 1. The molecule has 3 aromatic carbocycles. The number of benzene rings is 3. The maximum Gasteiger partial charge on any atom is 0.310 e. The van der Waals surface area contributed by atoms with Gasteiger partial charge in [0.1, 0.15) is 0 Å². The van der Waals surface area contributed by atoms with Crippen molar-refractivity contribution in [1.82, 2.24) is 0 Å². The average Bonchev–Trinajstić information content (AvgIpc) is 2.68. The van der Waals surface area contributed by atoms with Gasteiger partial charge >= 0.3 is 5.97 Å². The fourth-order valence-corrected chi connectivity index (χ4v) is 2.73. The lowest BCUT2D eigenvalue weighted by molar-refractivity contribution is -0.146. The first-order valence-electron chi connectivity index (χ1n) is 8.77. The minimum atomic E-state index is -0.429. The van der Waals surface area contributed by atoms with Gasteiger partial charge in [-0.2, -0.15) is 0 Å². The number of hydrogen-bond acceptors (Lipinski definition) is 3. The van der Waals surface area contributed by atoms with E-state index in [1.807, 2.05) is 79.7 Å². The van der Waals surface area contributed by atoms with Crippen molar-refractivity contribution in [2.24, 2.45) is 0 Å². The summed E-state index contributed by atoms with van der Waals surface area (Å²) in [6.07, 6.45) is 0.132. The molecule has 1 N–H and O–H groups in total. The van der Waals surface area contributed by atoms with Gasteiger partial charge in [-0.3, -0.25) is 9.59 Å². The summed E-state index contributed by atoms with van der Waals surface area (Å²) in [5.41, 5.74) is 4.79. The molecule has 0 unspecified atom stereocenters. The minimum absolute atomic E-state index is 0.132. The van der Waals surface area contributed by atoms with Crippen molar-refractivity contribution in [3.8, 4) is 11.1 Å². The number of anilines is 1. The number of carbonyl (C=O) groups is 2. The Bertz CT molecular complexity index is 918. The lowest BCUT2D eigenvalue weighted by atomic mass is 10.0. The predicted molar refractivity (Wildman–Crippen MR) is 106 cm³/mol. The SMILES string of the molecule is Cc1cccc(NC(=O)COC(=O)Cc2ccc(-c3ccccc3)cc2)c1. The molecule has 27 heavy (non-hydrogen) atoms. The number of amides is 1. The molecule has 0 aliphatic rings. The molecule has 0 spiro atoms. The van der Waals surface area contributed by atoms with Crippen LogP contribution in [0.3, 0.4) is 0 Å². The van der Waals surface area contributed by atoms with Crippen molar-refractivity contribution < 1.29 is 14.3 Å². The van der Waals surface area contributed by atoms with Gasteiger partial charge in [0.15, 0.2) is 6.61 Å². The van der Waals surface area contributed by atoms with Gasteiger partial charge in [0, 0.05) is 5.69 Å². The zero-order valence-electron chi connectivity index (χ0n) is 15.1. The molecule has 0 aliphatic carbocycles. The van der Waals surface area contributed by atoms with Crippen LogP contribution in [-0.2, 0) is 20.7 Å². The van der Waals surface area contributed by atoms with E-state index in [9.17, 15) is 9.59 Å². The number of aryl methyl sites for hydroxylation is 1. The molecule has 3 rings (SSSR count). The molecule has 4 nitrogen and oxygen atoms in total. The number of rotatable bonds is 6. The molecular weight excluding hydrogens is 338 g/mol. The summed E-state index contributed by atoms with van der Waals surface area (Å²) in [7, 11) is 0. The van der Waals surface area contributed by atoms with Crippen molar-refractivity contribution in [2.75, 3.05) is 11.9 Å². The largest absolute Gasteiger partial charge is 0.455 e. The Morgan fingerprint density at radius 2 is 1.56 bits per heavy atom. The summed E-state index contributed by atoms with van der Waals surface area (Å²) in [6.45, 7) is 1.65. The first kappa shape index (κ1) is 18.4. The summed E-state index contributed by atoms with van der Waals surface area (Å²) in [5, 5.41) is 2.71. The molecule has 0 radical (unpaired) electrons. The number of carbonyl (C=O) groups excluding carboxylic acids is 2. The average molecular weight is 359 g/mol. The first-order chi connectivity index (χ1) is 13.1. The van der Waals surface area contributed by atoms with Crippen LogP contribution < -0.4 is 5.32 Å². The normalized spacial score (nSPS) is 10.3. The van der Waals surface area contributed by atoms with Gasteiger partial charge in [-0.25, -0.2) is 0 Å². The highest BCUT2D eigenvalue weighted by atomic mass is 16.5. The Kier molecular flexibility index (Phi) is 6.00. The summed E-state index contributed by atoms with van der Waals surface area (Å²) in [5.74, 6) is -0.782. The fourth-order valence-electron chi connectivity index (χ4n) is 2.73. The van der Waals surface area contributed by atoms with Gasteiger partial charge < -0.3 is 10.1 Å². The third-order valence-corrected chi connectivity index (χ3v) is 4.08. The summed E-state index contributed by atoms with van der Waals surface area (Å²) in [4.78, 5) is 23.9. The van der Waals surface area contributed by atoms with Crippen LogP contribution in [0.15, 0.2) is 78.9 Å². The number of hydrogen-bond donors (Lipinski definition) is 1. The maximum absolute atomic E-state index is 12.0. The molecule has 0 bridgehead atoms. The monoisotopic (exact) mass is 359 g/mol. The Labute approximate surface area is 158 Å². The molecule has 1 amide bonds. The summed E-state index contributed by atoms with van der Waals surface area (Å²) in [6, 6.07) is 25.2. The van der Waals surface area contributed by atoms with Gasteiger partial charge in [0.25, 0.3) is 5.91 Å². The van der Waals surface area contributed by atoms with Crippen LogP contribution in [0.2, 0.25) is 0 Å². The zero-order chi connectivity index (χ0) is 19.1. The van der Waals surface area contributed by atoms with E-state index >= 15 is 0 Å². The molecule has 0 fully saturated rings. The van der Waals surface area contributed by atoms with Crippen molar-refractivity contribution in [3.63, 3.8) is 0 Å². The minimum Gasteiger partial charge on any atom is -0.455 e. The van der Waals surface area contributed by atoms with E-state index in [0.29, 0.717) is 5.69 Å². The van der Waals surface area contributed by atoms with Gasteiger partial charge in [0.2, 0.25) is 0 Å². The molecule has 0 atom stereocenters. The van der Waals surface area contributed by atoms with Crippen LogP contribution in [0.4, 0.5) is 5.69 Å². The van der Waals surface area contributed by atoms with E-state index in [0.717, 1.165) is 22.3 Å². The summed E-state index contributed by atoms with van der Waals surface area (Å²) >= 11 is 0. The van der Waals surface area contributed by atoms with Crippen molar-refractivity contribution in [2.45, 2.75) is 13.3 Å². The van der Waals surface area contributed by atoms with Gasteiger partial charge in [-0.1, -0.05) is 66.7 Å². The number of nitrogens with one attached hydrogen (secondary N) is 1. The lowest BCUT2D eigenvalue weighted by Crippen LogP contribution is -2.21. The smallest absolute Gasteiger partial charge is 0.310 e. The van der Waals surface area contributed by atoms with E-state index in [-0.39, 0.29) is 18.9 Å². The highest BCUT2D eigenvalue weighted by Gasteiger charge is 2.09. The van der Waals surface area contributed by atoms with E-state index in [1.165, 1.54) is 0 Å². The van der Waals surface area contributed by atoms with E-state index in [2.05, 4.69) is 5.32 Å². The van der Waals surface area contributed by atoms with E-state index in [1.54, 1.807) is 6.07 Å². The molecular formula is C23H21NO3. The van der Waals surface area contributed by atoms with Crippen LogP contribution in [0, 0.1) is 6.92 Å². The molecule has 0 heterocycles.